The summed E-state index contributed by atoms with van der Waals surface area (Å²) in [6.07, 6.45) is -0.264. The monoisotopic (exact) mass is 299 g/mol. The Balaban J connectivity index is 2.75. The molecule has 1 aliphatic rings. The Hall–Kier alpha value is -2.12. The molecule has 1 unspecified atom stereocenters. The maximum Gasteiger partial charge on any atom is 0.318 e. The number of urea groups is 1. The third kappa shape index (κ3) is 4.17. The molecule has 1 saturated heterocycles. The standard InChI is InChI=1S/C13H21N3O5/c1-13(2,3)16(6-5-10(18)19)12(21)14-8-7-9(17)15(4)11(8)20/h8H,5-7H2,1-4H3,(H,14,21)(H,18,19). The highest BCUT2D eigenvalue weighted by Gasteiger charge is 2.38. The van der Waals surface area contributed by atoms with Gasteiger partial charge in [0.05, 0.1) is 12.8 Å². The molecular formula is C13H21N3O5. The number of hydrogen-bond donors (Lipinski definition) is 2. The Labute approximate surface area is 123 Å². The molecule has 0 bridgehead atoms. The first-order valence-electron chi connectivity index (χ1n) is 6.64. The second-order valence-corrected chi connectivity index (χ2v) is 5.96. The van der Waals surface area contributed by atoms with Crippen molar-refractivity contribution >= 4 is 23.8 Å². The van der Waals surface area contributed by atoms with Crippen LogP contribution >= 0.6 is 0 Å². The SMILES string of the molecule is CN1C(=O)CC(NC(=O)N(CCC(=O)O)C(C)(C)C)C1=O. The number of likely N-dealkylation sites (tertiary alicyclic amines) is 1. The molecule has 0 aliphatic carbocycles. The van der Waals surface area contributed by atoms with Crippen LogP contribution in [0.25, 0.3) is 0 Å². The van der Waals surface area contributed by atoms with Gasteiger partial charge in [-0.1, -0.05) is 0 Å². The van der Waals surface area contributed by atoms with Crippen molar-refractivity contribution in [2.75, 3.05) is 13.6 Å². The maximum atomic E-state index is 12.3. The predicted molar refractivity (Wildman–Crippen MR) is 73.4 cm³/mol. The van der Waals surface area contributed by atoms with Crippen LogP contribution in [0.1, 0.15) is 33.6 Å². The van der Waals surface area contributed by atoms with Gasteiger partial charge < -0.3 is 15.3 Å². The van der Waals surface area contributed by atoms with Crippen molar-refractivity contribution < 1.29 is 24.3 Å². The van der Waals surface area contributed by atoms with Crippen LogP contribution in [-0.2, 0) is 14.4 Å². The lowest BCUT2D eigenvalue weighted by molar-refractivity contribution is -0.138. The van der Waals surface area contributed by atoms with Crippen LogP contribution in [0.5, 0.6) is 0 Å². The second kappa shape index (κ2) is 6.11. The number of likely N-dealkylation sites (N-methyl/N-ethyl adjacent to an activating group) is 1. The zero-order chi connectivity index (χ0) is 16.4. The van der Waals surface area contributed by atoms with Crippen molar-refractivity contribution in [2.45, 2.75) is 45.2 Å². The van der Waals surface area contributed by atoms with E-state index >= 15 is 0 Å². The second-order valence-electron chi connectivity index (χ2n) is 5.96. The van der Waals surface area contributed by atoms with Gasteiger partial charge in [0.1, 0.15) is 6.04 Å². The van der Waals surface area contributed by atoms with Crippen LogP contribution in [0, 0.1) is 0 Å². The summed E-state index contributed by atoms with van der Waals surface area (Å²) in [6.45, 7) is 5.32. The van der Waals surface area contributed by atoms with E-state index in [1.807, 2.05) is 0 Å². The molecule has 0 radical (unpaired) electrons. The summed E-state index contributed by atoms with van der Waals surface area (Å²) in [6, 6.07) is -1.44. The first-order valence-corrected chi connectivity index (χ1v) is 6.64. The fourth-order valence-corrected chi connectivity index (χ4v) is 2.04. The van der Waals surface area contributed by atoms with E-state index in [4.69, 9.17) is 5.11 Å². The fraction of sp³-hybridized carbons (Fsp3) is 0.692. The van der Waals surface area contributed by atoms with E-state index in [9.17, 15) is 19.2 Å². The van der Waals surface area contributed by atoms with Crippen LogP contribution in [-0.4, -0.2) is 63.9 Å². The van der Waals surface area contributed by atoms with Gasteiger partial charge in [0, 0.05) is 19.1 Å². The third-order valence-corrected chi connectivity index (χ3v) is 3.28. The third-order valence-electron chi connectivity index (χ3n) is 3.28. The summed E-state index contributed by atoms with van der Waals surface area (Å²) in [5, 5.41) is 11.2. The maximum absolute atomic E-state index is 12.3. The number of carboxylic acids is 1. The summed E-state index contributed by atoms with van der Waals surface area (Å²) in [5.41, 5.74) is -0.600. The molecule has 0 spiro atoms. The molecule has 1 atom stereocenters. The molecular weight excluding hydrogens is 278 g/mol. The van der Waals surface area contributed by atoms with Gasteiger partial charge in [-0.05, 0) is 20.8 Å². The van der Waals surface area contributed by atoms with Crippen molar-refractivity contribution in [3.8, 4) is 0 Å². The number of amides is 4. The smallest absolute Gasteiger partial charge is 0.318 e. The molecule has 0 saturated carbocycles. The van der Waals surface area contributed by atoms with Crippen LogP contribution in [0.3, 0.4) is 0 Å². The number of imide groups is 1. The van der Waals surface area contributed by atoms with Crippen molar-refractivity contribution in [2.24, 2.45) is 0 Å². The highest BCUT2D eigenvalue weighted by molar-refractivity contribution is 6.06. The molecule has 1 heterocycles. The first-order chi connectivity index (χ1) is 9.54. The van der Waals surface area contributed by atoms with Gasteiger partial charge >= 0.3 is 12.0 Å². The van der Waals surface area contributed by atoms with Crippen LogP contribution in [0.15, 0.2) is 0 Å². The predicted octanol–water partition coefficient (Wildman–Crippen LogP) is 0.0285. The summed E-state index contributed by atoms with van der Waals surface area (Å²) in [7, 11) is 1.36. The van der Waals surface area contributed by atoms with E-state index < -0.39 is 29.5 Å². The van der Waals surface area contributed by atoms with E-state index in [1.165, 1.54) is 11.9 Å². The van der Waals surface area contributed by atoms with Crippen molar-refractivity contribution in [3.63, 3.8) is 0 Å². The van der Waals surface area contributed by atoms with Crippen LogP contribution in [0.2, 0.25) is 0 Å². The Morgan fingerprint density at radius 1 is 1.38 bits per heavy atom. The highest BCUT2D eigenvalue weighted by atomic mass is 16.4. The summed E-state index contributed by atoms with van der Waals surface area (Å²) in [4.78, 5) is 48.4. The van der Waals surface area contributed by atoms with Gasteiger partial charge in [-0.15, -0.1) is 0 Å². The number of carboxylic acid groups (broad SMARTS) is 1. The molecule has 0 aromatic rings. The average molecular weight is 299 g/mol. The Bertz CT molecular complexity index is 469. The van der Waals surface area contributed by atoms with Crippen molar-refractivity contribution in [3.05, 3.63) is 0 Å². The van der Waals surface area contributed by atoms with Gasteiger partial charge in [0.2, 0.25) is 5.91 Å². The number of carbonyl (C=O) groups excluding carboxylic acids is 3. The van der Waals surface area contributed by atoms with Crippen LogP contribution < -0.4 is 5.32 Å². The molecule has 21 heavy (non-hydrogen) atoms. The van der Waals surface area contributed by atoms with Gasteiger partial charge in [-0.3, -0.25) is 19.3 Å². The molecule has 4 amide bonds. The largest absolute Gasteiger partial charge is 0.481 e. The molecule has 0 aromatic heterocycles. The van der Waals surface area contributed by atoms with Gasteiger partial charge in [-0.25, -0.2) is 4.79 Å². The first kappa shape index (κ1) is 16.9. The Morgan fingerprint density at radius 2 is 1.95 bits per heavy atom. The summed E-state index contributed by atoms with van der Waals surface area (Å²) >= 11 is 0. The van der Waals surface area contributed by atoms with Gasteiger partial charge in [-0.2, -0.15) is 0 Å². The number of rotatable bonds is 4. The molecule has 1 rings (SSSR count). The Kier molecular flexibility index (Phi) is 4.93. The molecule has 8 nitrogen and oxygen atoms in total. The molecule has 1 fully saturated rings. The topological polar surface area (TPSA) is 107 Å². The Morgan fingerprint density at radius 3 is 2.33 bits per heavy atom. The molecule has 0 aromatic carbocycles. The average Bonchev–Trinajstić information content (AvgIpc) is 2.55. The number of hydrogen-bond acceptors (Lipinski definition) is 4. The van der Waals surface area contributed by atoms with Crippen molar-refractivity contribution in [1.82, 2.24) is 15.1 Å². The minimum atomic E-state index is -1.01. The van der Waals surface area contributed by atoms with E-state index in [1.54, 1.807) is 20.8 Å². The van der Waals surface area contributed by atoms with Gasteiger partial charge in [0.25, 0.3) is 5.91 Å². The van der Waals surface area contributed by atoms with E-state index in [0.717, 1.165) is 4.90 Å². The van der Waals surface area contributed by atoms with E-state index in [-0.39, 0.29) is 25.3 Å². The molecule has 2 N–H and O–H groups in total. The summed E-state index contributed by atoms with van der Waals surface area (Å²) < 4.78 is 0. The zero-order valence-corrected chi connectivity index (χ0v) is 12.7. The lowest BCUT2D eigenvalue weighted by Crippen LogP contribution is -2.54. The molecule has 1 aliphatic heterocycles. The summed E-state index contributed by atoms with van der Waals surface area (Å²) in [5.74, 6) is -1.82. The number of nitrogens with one attached hydrogen (secondary N) is 1. The number of nitrogens with zero attached hydrogens (tertiary/aromatic N) is 2. The lowest BCUT2D eigenvalue weighted by Gasteiger charge is -2.35. The van der Waals surface area contributed by atoms with Crippen molar-refractivity contribution in [1.29, 1.82) is 0 Å². The normalized spacial score (nSPS) is 18.9. The minimum absolute atomic E-state index is 0.0232. The number of aliphatic carboxylic acids is 1. The highest BCUT2D eigenvalue weighted by Crippen LogP contribution is 2.16. The quantitative estimate of drug-likeness (QED) is 0.712. The number of carbonyl (C=O) groups is 4. The molecule has 8 heteroatoms. The van der Waals surface area contributed by atoms with E-state index in [2.05, 4.69) is 5.32 Å². The zero-order valence-electron chi connectivity index (χ0n) is 12.7. The fourth-order valence-electron chi connectivity index (χ4n) is 2.04. The van der Waals surface area contributed by atoms with E-state index in [0.29, 0.717) is 0 Å². The minimum Gasteiger partial charge on any atom is -0.481 e. The van der Waals surface area contributed by atoms with Gasteiger partial charge in [0.15, 0.2) is 0 Å². The molecule has 118 valence electrons. The lowest BCUT2D eigenvalue weighted by atomic mass is 10.1. The van der Waals surface area contributed by atoms with Crippen LogP contribution in [0.4, 0.5) is 4.79 Å².